The lowest BCUT2D eigenvalue weighted by molar-refractivity contribution is 0.553. The number of rotatable bonds is 4. The average Bonchev–Trinajstić information content (AvgIpc) is 2.86. The van der Waals surface area contributed by atoms with Gasteiger partial charge in [0.05, 0.1) is 6.16 Å². The first-order valence-electron chi connectivity index (χ1n) is 13.6. The summed E-state index contributed by atoms with van der Waals surface area (Å²) in [4.78, 5) is 0. The Labute approximate surface area is 220 Å². The van der Waals surface area contributed by atoms with Crippen LogP contribution in [0.4, 0.5) is 0 Å². The predicted octanol–water partition coefficient (Wildman–Crippen LogP) is 10.2. The number of hydrogen-bond donors (Lipinski definition) is 1. The van der Waals surface area contributed by atoms with E-state index in [4.69, 9.17) is 14.1 Å². The van der Waals surface area contributed by atoms with Crippen LogP contribution in [0.2, 0.25) is 0 Å². The summed E-state index contributed by atoms with van der Waals surface area (Å²) in [5, 5.41) is 2.34. The number of hydrogen-bond acceptors (Lipinski definition) is 3. The molecule has 2 N–H and O–H groups in total. The van der Waals surface area contributed by atoms with E-state index in [1.165, 1.54) is 33.0 Å². The lowest BCUT2D eigenvalue weighted by atomic mass is 9.77. The molecule has 1 heterocycles. The highest BCUT2D eigenvalue weighted by atomic mass is 31.1. The molecule has 0 aliphatic heterocycles. The van der Waals surface area contributed by atoms with Crippen LogP contribution < -0.4 is 5.73 Å². The van der Waals surface area contributed by atoms with Crippen molar-refractivity contribution >= 4 is 30.0 Å². The van der Waals surface area contributed by atoms with Gasteiger partial charge in [-0.25, -0.2) is 0 Å². The van der Waals surface area contributed by atoms with E-state index in [0.29, 0.717) is 6.54 Å². The Hall–Kier alpha value is -1.70. The van der Waals surface area contributed by atoms with E-state index in [0.717, 1.165) is 30.2 Å². The van der Waals surface area contributed by atoms with Crippen molar-refractivity contribution in [1.29, 1.82) is 0 Å². The van der Waals surface area contributed by atoms with Crippen molar-refractivity contribution in [2.24, 2.45) is 5.73 Å². The molecule has 2 aromatic carbocycles. The minimum Gasteiger partial charge on any atom is -0.419 e. The molecule has 0 radical (unpaired) electrons. The Morgan fingerprint density at radius 1 is 0.583 bits per heavy atom. The maximum atomic E-state index is 6.91. The minimum absolute atomic E-state index is 0.0166. The van der Waals surface area contributed by atoms with E-state index in [1.807, 2.05) is 0 Å². The summed E-state index contributed by atoms with van der Waals surface area (Å²) in [5.74, 6) is 0. The van der Waals surface area contributed by atoms with Crippen LogP contribution in [0.3, 0.4) is 0 Å². The first kappa shape index (κ1) is 28.9. The highest BCUT2D eigenvalue weighted by Gasteiger charge is 2.28. The lowest BCUT2D eigenvalue weighted by Crippen LogP contribution is -2.17. The van der Waals surface area contributed by atoms with Crippen LogP contribution in [-0.4, -0.2) is 6.54 Å². The topological polar surface area (TPSA) is 52.3 Å². The van der Waals surface area contributed by atoms with Crippen LogP contribution >= 0.6 is 8.01 Å². The van der Waals surface area contributed by atoms with Crippen LogP contribution in [-0.2, 0) is 27.8 Å². The number of nitrogens with two attached hydrogens (primary N) is 1. The van der Waals surface area contributed by atoms with Gasteiger partial charge in [-0.05, 0) is 64.3 Å². The van der Waals surface area contributed by atoms with Gasteiger partial charge in [0.15, 0.2) is 0 Å². The van der Waals surface area contributed by atoms with E-state index in [9.17, 15) is 0 Å². The Morgan fingerprint density at radius 3 is 1.28 bits per heavy atom. The molecule has 0 aliphatic carbocycles. The standard InChI is InChI=1S/C32H50NO2P/c1-29(2,3)21-17-23-24-18-22(30(4,5)6)20-26(32(10,11)12)28(24)35-36(16-14-13-15-33)34-27(23)25(19-21)31(7,8)9/h17-20H,13-16,33H2,1-12H3. The van der Waals surface area contributed by atoms with Gasteiger partial charge in [0.25, 0.3) is 0 Å². The summed E-state index contributed by atoms with van der Waals surface area (Å²) < 4.78 is 13.8. The molecule has 3 aromatic rings. The summed E-state index contributed by atoms with van der Waals surface area (Å²) in [6.45, 7) is 28.2. The van der Waals surface area contributed by atoms with Crippen molar-refractivity contribution in [2.75, 3.05) is 6.54 Å². The second kappa shape index (κ2) is 9.88. The maximum absolute atomic E-state index is 6.91. The van der Waals surface area contributed by atoms with Gasteiger partial charge in [0.2, 0.25) is 8.01 Å². The monoisotopic (exact) mass is 511 g/mol. The molecule has 0 aliphatic rings. The lowest BCUT2D eigenvalue weighted by Gasteiger charge is -2.27. The second-order valence-electron chi connectivity index (χ2n) is 14.5. The number of fused-ring (bicyclic) bond motifs is 3. The molecule has 0 spiro atoms. The summed E-state index contributed by atoms with van der Waals surface area (Å²) in [7, 11) is -1.14. The third kappa shape index (κ3) is 6.22. The molecule has 36 heavy (non-hydrogen) atoms. The molecule has 0 bridgehead atoms. The SMILES string of the molecule is CC(C)(C)c1cc(C(C)(C)C)c2op(CCCCN)oc3c(C(C)(C)C)cc(C(C)(C)C)cc3c2c1. The average molecular weight is 512 g/mol. The van der Waals surface area contributed by atoms with Crippen molar-refractivity contribution < 1.29 is 8.39 Å². The molecule has 0 fully saturated rings. The maximum Gasteiger partial charge on any atom is 0.216 e. The fraction of sp³-hybridized carbons (Fsp3) is 0.625. The van der Waals surface area contributed by atoms with Gasteiger partial charge in [0, 0.05) is 21.9 Å². The smallest absolute Gasteiger partial charge is 0.216 e. The zero-order valence-corrected chi connectivity index (χ0v) is 25.9. The van der Waals surface area contributed by atoms with Gasteiger partial charge >= 0.3 is 0 Å². The van der Waals surface area contributed by atoms with Crippen LogP contribution in [0, 0.1) is 0 Å². The van der Waals surface area contributed by atoms with Crippen molar-refractivity contribution in [3.05, 3.63) is 46.5 Å². The zero-order chi connectivity index (χ0) is 27.3. The first-order valence-corrected chi connectivity index (χ1v) is 14.9. The number of benzene rings is 2. The highest BCUT2D eigenvalue weighted by molar-refractivity contribution is 7.36. The molecule has 4 heteroatoms. The normalized spacial score (nSPS) is 13.6. The van der Waals surface area contributed by atoms with Gasteiger partial charge in [-0.3, -0.25) is 0 Å². The van der Waals surface area contributed by atoms with E-state index < -0.39 is 8.01 Å². The summed E-state index contributed by atoms with van der Waals surface area (Å²) in [5.41, 5.74) is 12.9. The molecule has 3 nitrogen and oxygen atoms in total. The van der Waals surface area contributed by atoms with Crippen molar-refractivity contribution in [3.8, 4) is 0 Å². The molecular weight excluding hydrogens is 461 g/mol. The van der Waals surface area contributed by atoms with E-state index >= 15 is 0 Å². The molecule has 3 rings (SSSR count). The van der Waals surface area contributed by atoms with E-state index in [2.05, 4.69) is 107 Å². The van der Waals surface area contributed by atoms with E-state index in [1.54, 1.807) is 0 Å². The van der Waals surface area contributed by atoms with E-state index in [-0.39, 0.29) is 21.7 Å². The van der Waals surface area contributed by atoms with Gasteiger partial charge < -0.3 is 14.1 Å². The zero-order valence-electron chi connectivity index (χ0n) is 25.0. The number of unbranched alkanes of at least 4 members (excludes halogenated alkanes) is 1. The molecule has 200 valence electrons. The van der Waals surface area contributed by atoms with Crippen molar-refractivity contribution in [3.63, 3.8) is 0 Å². The largest absolute Gasteiger partial charge is 0.419 e. The Balaban J connectivity index is 2.68. The van der Waals surface area contributed by atoms with Gasteiger partial charge in [-0.15, -0.1) is 0 Å². The van der Waals surface area contributed by atoms with Gasteiger partial charge in [0.1, 0.15) is 11.2 Å². The molecule has 0 saturated heterocycles. The molecule has 0 unspecified atom stereocenters. The van der Waals surface area contributed by atoms with Gasteiger partial charge in [-0.1, -0.05) is 95.2 Å². The fourth-order valence-corrected chi connectivity index (χ4v) is 6.04. The summed E-state index contributed by atoms with van der Waals surface area (Å²) in [6, 6.07) is 9.47. The van der Waals surface area contributed by atoms with Crippen LogP contribution in [0.15, 0.2) is 32.7 Å². The molecule has 0 amide bonds. The molecule has 0 atom stereocenters. The van der Waals surface area contributed by atoms with Crippen LogP contribution in [0.5, 0.6) is 0 Å². The highest BCUT2D eigenvalue weighted by Crippen LogP contribution is 2.46. The van der Waals surface area contributed by atoms with Crippen molar-refractivity contribution in [1.82, 2.24) is 0 Å². The summed E-state index contributed by atoms with van der Waals surface area (Å²) in [6.07, 6.45) is 2.86. The Bertz CT molecular complexity index is 1180. The third-order valence-corrected chi connectivity index (χ3v) is 8.45. The quantitative estimate of drug-likeness (QED) is 0.354. The van der Waals surface area contributed by atoms with Gasteiger partial charge in [-0.2, -0.15) is 0 Å². The third-order valence-electron chi connectivity index (χ3n) is 7.00. The molecular formula is C32H50NO2P. The first-order chi connectivity index (χ1) is 16.3. The predicted molar refractivity (Wildman–Crippen MR) is 159 cm³/mol. The summed E-state index contributed by atoms with van der Waals surface area (Å²) >= 11 is 0. The molecule has 1 aromatic heterocycles. The Morgan fingerprint density at radius 2 is 0.972 bits per heavy atom. The minimum atomic E-state index is -1.14. The second-order valence-corrected chi connectivity index (χ2v) is 16.0. The van der Waals surface area contributed by atoms with Crippen molar-refractivity contribution in [2.45, 2.75) is 124 Å². The Kier molecular flexibility index (Phi) is 7.92. The van der Waals surface area contributed by atoms with Crippen LogP contribution in [0.25, 0.3) is 21.9 Å². The fourth-order valence-electron chi connectivity index (χ4n) is 4.53. The molecule has 0 saturated carbocycles. The van der Waals surface area contributed by atoms with Crippen LogP contribution in [0.1, 0.15) is 118 Å². The number of aryl methyl sites for hydroxylation is 1.